The Labute approximate surface area is 166 Å². The van der Waals surface area contributed by atoms with E-state index in [1.54, 1.807) is 0 Å². The van der Waals surface area contributed by atoms with Crippen molar-refractivity contribution in [1.82, 2.24) is 5.32 Å². The summed E-state index contributed by atoms with van der Waals surface area (Å²) in [6.45, 7) is 15.9. The lowest BCUT2D eigenvalue weighted by molar-refractivity contribution is -0.0169. The highest BCUT2D eigenvalue weighted by Gasteiger charge is 1.98. The second kappa shape index (κ2) is 23.8. The third kappa shape index (κ3) is 23.7. The van der Waals surface area contributed by atoms with Gasteiger partial charge in [-0.1, -0.05) is 27.2 Å². The summed E-state index contributed by atoms with van der Waals surface area (Å²) in [7, 11) is 0. The molecule has 0 saturated carbocycles. The maximum Gasteiger partial charge on any atom is 0.0701 e. The van der Waals surface area contributed by atoms with Crippen LogP contribution in [0.3, 0.4) is 0 Å². The fraction of sp³-hybridized carbons (Fsp3) is 1.00. The van der Waals surface area contributed by atoms with E-state index < -0.39 is 0 Å². The largest absolute Gasteiger partial charge is 0.379 e. The quantitative estimate of drug-likeness (QED) is 0.267. The molecule has 0 fully saturated rings. The van der Waals surface area contributed by atoms with Crippen LogP contribution < -0.4 is 5.32 Å². The molecule has 1 N–H and O–H groups in total. The van der Waals surface area contributed by atoms with Gasteiger partial charge in [0.15, 0.2) is 0 Å². The molecule has 0 radical (unpaired) electrons. The van der Waals surface area contributed by atoms with Crippen molar-refractivity contribution in [3.8, 4) is 0 Å². The molecule has 0 aliphatic heterocycles. The van der Waals surface area contributed by atoms with Gasteiger partial charge in [0.1, 0.15) is 0 Å². The topological polar surface area (TPSA) is 67.4 Å². The minimum absolute atomic E-state index is 0.571. The molecule has 7 heteroatoms. The van der Waals surface area contributed by atoms with E-state index in [0.29, 0.717) is 66.1 Å². The lowest BCUT2D eigenvalue weighted by Crippen LogP contribution is -2.20. The zero-order chi connectivity index (χ0) is 19.8. The van der Waals surface area contributed by atoms with E-state index in [-0.39, 0.29) is 0 Å². The van der Waals surface area contributed by atoms with E-state index in [2.05, 4.69) is 26.1 Å². The molecule has 0 aliphatic carbocycles. The molecule has 0 spiro atoms. The monoisotopic (exact) mass is 393 g/mol. The first-order valence-corrected chi connectivity index (χ1v) is 10.5. The van der Waals surface area contributed by atoms with Crippen molar-refractivity contribution in [1.29, 1.82) is 0 Å². The summed E-state index contributed by atoms with van der Waals surface area (Å²) in [5.74, 6) is 0.736. The van der Waals surface area contributed by atoms with Gasteiger partial charge in [0.25, 0.3) is 0 Å². The van der Waals surface area contributed by atoms with Crippen LogP contribution in [0, 0.1) is 5.92 Å². The molecule has 0 saturated heterocycles. The van der Waals surface area contributed by atoms with Crippen molar-refractivity contribution in [2.24, 2.45) is 5.92 Å². The van der Waals surface area contributed by atoms with Crippen LogP contribution in [0.25, 0.3) is 0 Å². The summed E-state index contributed by atoms with van der Waals surface area (Å²) in [6, 6.07) is 0. The third-order valence-corrected chi connectivity index (χ3v) is 3.99. The fourth-order valence-corrected chi connectivity index (χ4v) is 2.01. The molecule has 0 amide bonds. The number of likely N-dealkylation sites (N-methyl/N-ethyl adjacent to an activating group) is 1. The first-order valence-electron chi connectivity index (χ1n) is 10.5. The maximum atomic E-state index is 5.53. The Morgan fingerprint density at radius 2 is 0.926 bits per heavy atom. The van der Waals surface area contributed by atoms with Gasteiger partial charge < -0.3 is 33.7 Å². The summed E-state index contributed by atoms with van der Waals surface area (Å²) in [4.78, 5) is 0. The minimum atomic E-state index is 0.571. The Balaban J connectivity index is 2.99. The number of rotatable bonds is 23. The lowest BCUT2D eigenvalue weighted by atomic mass is 10.1. The normalized spacial score (nSPS) is 12.6. The number of ether oxygens (including phenoxy) is 6. The van der Waals surface area contributed by atoms with Crippen molar-refractivity contribution in [3.63, 3.8) is 0 Å². The maximum absolute atomic E-state index is 5.53. The van der Waals surface area contributed by atoms with Gasteiger partial charge in [-0.25, -0.2) is 0 Å². The average molecular weight is 394 g/mol. The van der Waals surface area contributed by atoms with Crippen LogP contribution >= 0.6 is 0 Å². The minimum Gasteiger partial charge on any atom is -0.379 e. The number of nitrogens with one attached hydrogen (secondary N) is 1. The molecular formula is C20H43NO6. The number of hydrogen-bond acceptors (Lipinski definition) is 7. The molecule has 1 unspecified atom stereocenters. The zero-order valence-corrected chi connectivity index (χ0v) is 17.8. The highest BCUT2D eigenvalue weighted by Crippen LogP contribution is 2.05. The Kier molecular flexibility index (Phi) is 23.5. The zero-order valence-electron chi connectivity index (χ0n) is 17.8. The van der Waals surface area contributed by atoms with Crippen LogP contribution in [0.2, 0.25) is 0 Å². The van der Waals surface area contributed by atoms with Crippen molar-refractivity contribution >= 4 is 0 Å². The van der Waals surface area contributed by atoms with Crippen LogP contribution in [0.1, 0.15) is 33.6 Å². The molecule has 7 nitrogen and oxygen atoms in total. The van der Waals surface area contributed by atoms with Gasteiger partial charge in [0, 0.05) is 13.2 Å². The van der Waals surface area contributed by atoms with Crippen LogP contribution in [0.4, 0.5) is 0 Å². The van der Waals surface area contributed by atoms with Crippen molar-refractivity contribution in [2.45, 2.75) is 33.6 Å². The second-order valence-electron chi connectivity index (χ2n) is 6.33. The first kappa shape index (κ1) is 26.7. The molecule has 0 aromatic heterocycles. The van der Waals surface area contributed by atoms with Gasteiger partial charge in [0.2, 0.25) is 0 Å². The van der Waals surface area contributed by atoms with E-state index in [0.717, 1.165) is 38.6 Å². The van der Waals surface area contributed by atoms with Gasteiger partial charge in [-0.15, -0.1) is 0 Å². The summed E-state index contributed by atoms with van der Waals surface area (Å²) >= 11 is 0. The first-order chi connectivity index (χ1) is 13.3. The van der Waals surface area contributed by atoms with Gasteiger partial charge in [-0.3, -0.25) is 0 Å². The van der Waals surface area contributed by atoms with Crippen LogP contribution in [-0.2, 0) is 28.4 Å². The van der Waals surface area contributed by atoms with E-state index in [1.807, 2.05) is 0 Å². The Bertz CT molecular complexity index is 271. The van der Waals surface area contributed by atoms with E-state index >= 15 is 0 Å². The summed E-state index contributed by atoms with van der Waals surface area (Å²) in [6.07, 6.45) is 2.33. The van der Waals surface area contributed by atoms with Gasteiger partial charge in [-0.2, -0.15) is 0 Å². The predicted molar refractivity (Wildman–Crippen MR) is 108 cm³/mol. The lowest BCUT2D eigenvalue weighted by Gasteiger charge is -2.09. The molecule has 0 bridgehead atoms. The molecule has 0 aliphatic rings. The molecule has 0 rings (SSSR count). The average Bonchev–Trinajstić information content (AvgIpc) is 2.68. The Morgan fingerprint density at radius 3 is 1.30 bits per heavy atom. The van der Waals surface area contributed by atoms with Crippen molar-refractivity contribution < 1.29 is 28.4 Å². The summed E-state index contributed by atoms with van der Waals surface area (Å²) in [5, 5.41) is 3.20. The van der Waals surface area contributed by atoms with E-state index in [1.165, 1.54) is 6.42 Å². The molecule has 0 heterocycles. The van der Waals surface area contributed by atoms with Crippen LogP contribution in [0.15, 0.2) is 0 Å². The van der Waals surface area contributed by atoms with E-state index in [4.69, 9.17) is 28.4 Å². The second-order valence-corrected chi connectivity index (χ2v) is 6.33. The highest BCUT2D eigenvalue weighted by atomic mass is 16.6. The fourth-order valence-electron chi connectivity index (χ4n) is 2.01. The third-order valence-electron chi connectivity index (χ3n) is 3.99. The summed E-state index contributed by atoms with van der Waals surface area (Å²) in [5.41, 5.74) is 0. The molecule has 164 valence electrons. The molecule has 0 aromatic rings. The summed E-state index contributed by atoms with van der Waals surface area (Å²) < 4.78 is 32.7. The molecule has 27 heavy (non-hydrogen) atoms. The van der Waals surface area contributed by atoms with Crippen molar-refractivity contribution in [2.75, 3.05) is 92.4 Å². The van der Waals surface area contributed by atoms with Crippen LogP contribution in [0.5, 0.6) is 0 Å². The Morgan fingerprint density at radius 1 is 0.556 bits per heavy atom. The Hall–Kier alpha value is -0.280. The van der Waals surface area contributed by atoms with Crippen molar-refractivity contribution in [3.05, 3.63) is 0 Å². The predicted octanol–water partition coefficient (Wildman–Crippen LogP) is 2.13. The standard InChI is InChI=1S/C20H43NO6/c1-4-20(3)6-8-22-10-12-24-14-16-26-18-19-27-17-15-25-13-11-23-9-7-21-5-2/h20-21H,4-19H2,1-3H3. The van der Waals surface area contributed by atoms with Gasteiger partial charge in [0.05, 0.1) is 72.7 Å². The SMILES string of the molecule is CCNCCOCCOCCOCCOCCOCCOCCC(C)CC. The van der Waals surface area contributed by atoms with Gasteiger partial charge in [-0.05, 0) is 18.9 Å². The molecule has 1 atom stereocenters. The molecule has 0 aromatic carbocycles. The number of hydrogen-bond donors (Lipinski definition) is 1. The smallest absolute Gasteiger partial charge is 0.0701 e. The van der Waals surface area contributed by atoms with Gasteiger partial charge >= 0.3 is 0 Å². The van der Waals surface area contributed by atoms with E-state index in [9.17, 15) is 0 Å². The van der Waals surface area contributed by atoms with Crippen LogP contribution in [-0.4, -0.2) is 92.4 Å². The highest BCUT2D eigenvalue weighted by molar-refractivity contribution is 4.48. The molecular weight excluding hydrogens is 350 g/mol.